The summed E-state index contributed by atoms with van der Waals surface area (Å²) in [6.45, 7) is 8.02. The lowest BCUT2D eigenvalue weighted by Gasteiger charge is -2.33. The molecule has 0 aliphatic carbocycles. The van der Waals surface area contributed by atoms with Crippen LogP contribution in [0.1, 0.15) is 47.0 Å². The molecule has 1 aliphatic heterocycles. The van der Waals surface area contributed by atoms with E-state index in [1.165, 1.54) is 0 Å². The Bertz CT molecular complexity index is 430. The zero-order valence-corrected chi connectivity index (χ0v) is 13.7. The van der Waals surface area contributed by atoms with E-state index in [1.54, 1.807) is 25.7 Å². The van der Waals surface area contributed by atoms with E-state index >= 15 is 0 Å². The van der Waals surface area contributed by atoms with Crippen LogP contribution in [-0.2, 0) is 14.3 Å². The number of nitrogens with one attached hydrogen (secondary N) is 1. The minimum Gasteiger partial charge on any atom is -0.481 e. The molecule has 2 N–H and O–H groups in total. The molecule has 1 aliphatic rings. The number of carboxylic acid groups (broad SMARTS) is 1. The number of likely N-dealkylation sites (tertiary alicyclic amines) is 1. The van der Waals surface area contributed by atoms with Crippen molar-refractivity contribution in [1.29, 1.82) is 0 Å². The second kappa shape index (κ2) is 7.47. The highest BCUT2D eigenvalue weighted by Crippen LogP contribution is 2.17. The zero-order chi connectivity index (χ0) is 16.9. The largest absolute Gasteiger partial charge is 0.481 e. The lowest BCUT2D eigenvalue weighted by atomic mass is 9.99. The Hall–Kier alpha value is -1.79. The summed E-state index contributed by atoms with van der Waals surface area (Å²) in [6.07, 6.45) is 0.389. The summed E-state index contributed by atoms with van der Waals surface area (Å²) >= 11 is 0. The molecule has 2 atom stereocenters. The molecule has 22 heavy (non-hydrogen) atoms. The number of rotatable bonds is 5. The molecule has 0 spiro atoms. The molecule has 0 unspecified atom stereocenters. The van der Waals surface area contributed by atoms with Crippen LogP contribution in [0.4, 0.5) is 4.79 Å². The Kier molecular flexibility index (Phi) is 6.20. The maximum Gasteiger partial charge on any atom is 0.407 e. The van der Waals surface area contributed by atoms with Crippen LogP contribution >= 0.6 is 0 Å². The Balaban J connectivity index is 2.65. The molecule has 1 heterocycles. The maximum atomic E-state index is 11.9. The zero-order valence-electron chi connectivity index (χ0n) is 13.7. The lowest BCUT2D eigenvalue weighted by Crippen LogP contribution is -2.50. The van der Waals surface area contributed by atoms with Gasteiger partial charge in [-0.15, -0.1) is 0 Å². The Morgan fingerprint density at radius 1 is 1.45 bits per heavy atom. The number of carboxylic acids is 1. The van der Waals surface area contributed by atoms with Gasteiger partial charge in [0.15, 0.2) is 0 Å². The Morgan fingerprint density at radius 3 is 2.64 bits per heavy atom. The van der Waals surface area contributed by atoms with Gasteiger partial charge in [-0.2, -0.15) is 0 Å². The van der Waals surface area contributed by atoms with E-state index < -0.39 is 23.7 Å². The Morgan fingerprint density at radius 2 is 2.09 bits per heavy atom. The van der Waals surface area contributed by atoms with Crippen LogP contribution in [0.2, 0.25) is 0 Å². The minimum absolute atomic E-state index is 0.000484. The lowest BCUT2D eigenvalue weighted by molar-refractivity contribution is -0.139. The van der Waals surface area contributed by atoms with Crippen LogP contribution in [0.15, 0.2) is 0 Å². The first kappa shape index (κ1) is 18.3. The van der Waals surface area contributed by atoms with Gasteiger partial charge < -0.3 is 20.1 Å². The van der Waals surface area contributed by atoms with Crippen LogP contribution in [-0.4, -0.2) is 52.7 Å². The number of alkyl carbamates (subject to hydrolysis) is 1. The summed E-state index contributed by atoms with van der Waals surface area (Å²) in [7, 11) is 0. The van der Waals surface area contributed by atoms with Crippen molar-refractivity contribution in [3.8, 4) is 0 Å². The molecule has 0 aromatic heterocycles. The summed E-state index contributed by atoms with van der Waals surface area (Å²) < 4.78 is 5.14. The van der Waals surface area contributed by atoms with Gasteiger partial charge in [-0.1, -0.05) is 6.92 Å². The molecule has 0 aromatic carbocycles. The quantitative estimate of drug-likeness (QED) is 0.804. The van der Waals surface area contributed by atoms with Crippen molar-refractivity contribution < 1.29 is 24.2 Å². The summed E-state index contributed by atoms with van der Waals surface area (Å²) in [6, 6.07) is -0.665. The van der Waals surface area contributed by atoms with Crippen molar-refractivity contribution in [3.63, 3.8) is 0 Å². The predicted molar refractivity (Wildman–Crippen MR) is 80.4 cm³/mol. The van der Waals surface area contributed by atoms with E-state index in [2.05, 4.69) is 5.32 Å². The third-order valence-electron chi connectivity index (χ3n) is 3.32. The predicted octanol–water partition coefficient (Wildman–Crippen LogP) is 1.61. The van der Waals surface area contributed by atoms with Gasteiger partial charge in [-0.05, 0) is 33.1 Å². The van der Waals surface area contributed by atoms with E-state index in [1.807, 2.05) is 6.92 Å². The fourth-order valence-corrected chi connectivity index (χ4v) is 2.39. The fraction of sp³-hybridized carbons (Fsp3) is 0.800. The third-order valence-corrected chi connectivity index (χ3v) is 3.32. The molecule has 126 valence electrons. The van der Waals surface area contributed by atoms with Gasteiger partial charge in [0.05, 0.1) is 12.5 Å². The normalized spacial score (nSPS) is 20.5. The van der Waals surface area contributed by atoms with Gasteiger partial charge in [-0.25, -0.2) is 4.79 Å². The fourth-order valence-electron chi connectivity index (χ4n) is 2.39. The van der Waals surface area contributed by atoms with Crippen molar-refractivity contribution in [1.82, 2.24) is 10.2 Å². The first-order chi connectivity index (χ1) is 10.1. The summed E-state index contributed by atoms with van der Waals surface area (Å²) in [5.74, 6) is -0.650. The van der Waals surface area contributed by atoms with Gasteiger partial charge in [0.1, 0.15) is 5.60 Å². The standard InChI is InChI=1S/C15H26N2O5/c1-10-5-6-12(18)17(8-10)9-11(7-13(19)20)16-14(21)22-15(2,3)4/h10-11H,5-9H2,1-4H3,(H,16,21)(H,19,20)/t10-,11-/m0/s1. The maximum absolute atomic E-state index is 11.9. The smallest absolute Gasteiger partial charge is 0.407 e. The van der Waals surface area contributed by atoms with Crippen molar-refractivity contribution in [3.05, 3.63) is 0 Å². The molecule has 2 amide bonds. The number of piperidine rings is 1. The van der Waals surface area contributed by atoms with Crippen molar-refractivity contribution in [2.45, 2.75) is 58.6 Å². The number of aliphatic carboxylic acids is 1. The molecule has 1 rings (SSSR count). The molecule has 0 bridgehead atoms. The Labute approximate surface area is 131 Å². The number of carbonyl (C=O) groups is 3. The number of hydrogen-bond acceptors (Lipinski definition) is 4. The van der Waals surface area contributed by atoms with Gasteiger partial charge in [0.25, 0.3) is 0 Å². The minimum atomic E-state index is -1.03. The average Bonchev–Trinajstić information content (AvgIpc) is 2.30. The van der Waals surface area contributed by atoms with E-state index in [4.69, 9.17) is 9.84 Å². The number of amides is 2. The van der Waals surface area contributed by atoms with Crippen LogP contribution in [0, 0.1) is 5.92 Å². The number of hydrogen-bond donors (Lipinski definition) is 2. The van der Waals surface area contributed by atoms with Crippen LogP contribution < -0.4 is 5.32 Å². The monoisotopic (exact) mass is 314 g/mol. The topological polar surface area (TPSA) is 95.9 Å². The number of ether oxygens (including phenoxy) is 1. The van der Waals surface area contributed by atoms with Gasteiger partial charge in [0.2, 0.25) is 5.91 Å². The SMILES string of the molecule is C[C@H]1CCC(=O)N(C[C@H](CC(=O)O)NC(=O)OC(C)(C)C)C1. The van der Waals surface area contributed by atoms with Gasteiger partial charge >= 0.3 is 12.1 Å². The summed E-state index contributed by atoms with van der Waals surface area (Å²) in [5, 5.41) is 11.5. The molecule has 7 heteroatoms. The van der Waals surface area contributed by atoms with Gasteiger partial charge in [-0.3, -0.25) is 9.59 Å². The molecule has 0 aromatic rings. The molecule has 0 saturated carbocycles. The molecule has 1 saturated heterocycles. The molecule has 1 fully saturated rings. The van der Waals surface area contributed by atoms with Crippen LogP contribution in [0.25, 0.3) is 0 Å². The summed E-state index contributed by atoms with van der Waals surface area (Å²) in [5.41, 5.74) is -0.659. The average molecular weight is 314 g/mol. The third kappa shape index (κ3) is 6.78. The summed E-state index contributed by atoms with van der Waals surface area (Å²) in [4.78, 5) is 36.3. The first-order valence-corrected chi connectivity index (χ1v) is 7.56. The first-order valence-electron chi connectivity index (χ1n) is 7.56. The van der Waals surface area contributed by atoms with Crippen molar-refractivity contribution >= 4 is 18.0 Å². The van der Waals surface area contributed by atoms with Crippen LogP contribution in [0.5, 0.6) is 0 Å². The van der Waals surface area contributed by atoms with Gasteiger partial charge in [0, 0.05) is 19.5 Å². The van der Waals surface area contributed by atoms with E-state index in [0.717, 1.165) is 6.42 Å². The van der Waals surface area contributed by atoms with E-state index in [9.17, 15) is 14.4 Å². The second-order valence-corrected chi connectivity index (χ2v) is 6.88. The van der Waals surface area contributed by atoms with Crippen molar-refractivity contribution in [2.24, 2.45) is 5.92 Å². The highest BCUT2D eigenvalue weighted by atomic mass is 16.6. The second-order valence-electron chi connectivity index (χ2n) is 6.88. The molecular weight excluding hydrogens is 288 g/mol. The van der Waals surface area contributed by atoms with Crippen molar-refractivity contribution in [2.75, 3.05) is 13.1 Å². The highest BCUT2D eigenvalue weighted by molar-refractivity contribution is 5.77. The van der Waals surface area contributed by atoms with E-state index in [0.29, 0.717) is 18.9 Å². The number of nitrogens with zero attached hydrogens (tertiary/aromatic N) is 1. The van der Waals surface area contributed by atoms with E-state index in [-0.39, 0.29) is 18.9 Å². The van der Waals surface area contributed by atoms with Crippen LogP contribution in [0.3, 0.4) is 0 Å². The molecular formula is C15H26N2O5. The molecule has 0 radical (unpaired) electrons. The number of carbonyl (C=O) groups excluding carboxylic acids is 2. The molecule has 7 nitrogen and oxygen atoms in total. The highest BCUT2D eigenvalue weighted by Gasteiger charge is 2.28.